The standard InChI is InChI=1S/C18H23NS/c1-15(8-9-16-6-4-3-5-7-16)19-14-17-10-12-18(20-2)13-11-17/h3-7,10-13,15,19H,8-9,14H2,1-2H3/t15-/m0/s1. The van der Waals surface area contributed by atoms with E-state index in [4.69, 9.17) is 0 Å². The van der Waals surface area contributed by atoms with Gasteiger partial charge in [-0.3, -0.25) is 0 Å². The lowest BCUT2D eigenvalue weighted by molar-refractivity contribution is 0.514. The van der Waals surface area contributed by atoms with Crippen LogP contribution >= 0.6 is 11.8 Å². The van der Waals surface area contributed by atoms with Crippen molar-refractivity contribution < 1.29 is 0 Å². The minimum absolute atomic E-state index is 0.537. The van der Waals surface area contributed by atoms with E-state index in [2.05, 4.69) is 73.1 Å². The Bertz CT molecular complexity index is 493. The Balaban J connectivity index is 1.73. The number of nitrogens with one attached hydrogen (secondary N) is 1. The molecule has 0 bridgehead atoms. The molecule has 1 atom stereocenters. The second-order valence-corrected chi connectivity index (χ2v) is 6.03. The van der Waals surface area contributed by atoms with Crippen LogP contribution in [-0.2, 0) is 13.0 Å². The first-order valence-corrected chi connectivity index (χ1v) is 8.40. The summed E-state index contributed by atoms with van der Waals surface area (Å²) in [7, 11) is 0. The van der Waals surface area contributed by atoms with Crippen molar-refractivity contribution in [3.63, 3.8) is 0 Å². The topological polar surface area (TPSA) is 12.0 Å². The van der Waals surface area contributed by atoms with Crippen molar-refractivity contribution in [1.29, 1.82) is 0 Å². The van der Waals surface area contributed by atoms with Crippen LogP contribution in [0.5, 0.6) is 0 Å². The lowest BCUT2D eigenvalue weighted by Crippen LogP contribution is -2.25. The normalized spacial score (nSPS) is 12.3. The molecule has 0 heterocycles. The van der Waals surface area contributed by atoms with E-state index in [1.807, 2.05) is 0 Å². The van der Waals surface area contributed by atoms with Gasteiger partial charge in [-0.05, 0) is 49.3 Å². The molecular formula is C18H23NS. The Hall–Kier alpha value is -1.25. The fraction of sp³-hybridized carbons (Fsp3) is 0.333. The van der Waals surface area contributed by atoms with Crippen molar-refractivity contribution in [3.05, 3.63) is 65.7 Å². The number of hydrogen-bond donors (Lipinski definition) is 1. The lowest BCUT2D eigenvalue weighted by Gasteiger charge is -2.14. The van der Waals surface area contributed by atoms with Crippen molar-refractivity contribution in [2.45, 2.75) is 37.2 Å². The zero-order valence-corrected chi connectivity index (χ0v) is 13.1. The van der Waals surface area contributed by atoms with E-state index < -0.39 is 0 Å². The summed E-state index contributed by atoms with van der Waals surface area (Å²) in [6, 6.07) is 20.0. The van der Waals surface area contributed by atoms with Gasteiger partial charge in [-0.25, -0.2) is 0 Å². The van der Waals surface area contributed by atoms with Gasteiger partial charge in [0, 0.05) is 17.5 Å². The first kappa shape index (κ1) is 15.1. The van der Waals surface area contributed by atoms with E-state index in [0.717, 1.165) is 13.0 Å². The molecule has 0 aliphatic rings. The molecule has 0 saturated carbocycles. The molecule has 1 N–H and O–H groups in total. The summed E-state index contributed by atoms with van der Waals surface area (Å²) in [6.07, 6.45) is 4.42. The van der Waals surface area contributed by atoms with Gasteiger partial charge in [0.15, 0.2) is 0 Å². The van der Waals surface area contributed by atoms with E-state index in [0.29, 0.717) is 6.04 Å². The molecule has 0 aliphatic heterocycles. The molecule has 0 spiro atoms. The summed E-state index contributed by atoms with van der Waals surface area (Å²) < 4.78 is 0. The molecule has 1 nitrogen and oxygen atoms in total. The Morgan fingerprint density at radius 3 is 2.30 bits per heavy atom. The maximum absolute atomic E-state index is 3.60. The summed E-state index contributed by atoms with van der Waals surface area (Å²) in [6.45, 7) is 3.21. The van der Waals surface area contributed by atoms with Crippen LogP contribution in [0.2, 0.25) is 0 Å². The molecule has 0 fully saturated rings. The highest BCUT2D eigenvalue weighted by Gasteiger charge is 2.02. The highest BCUT2D eigenvalue weighted by molar-refractivity contribution is 7.98. The first-order valence-electron chi connectivity index (χ1n) is 7.18. The van der Waals surface area contributed by atoms with Gasteiger partial charge in [-0.15, -0.1) is 11.8 Å². The van der Waals surface area contributed by atoms with Gasteiger partial charge >= 0.3 is 0 Å². The summed E-state index contributed by atoms with van der Waals surface area (Å²) in [5.41, 5.74) is 2.78. The van der Waals surface area contributed by atoms with Crippen molar-refractivity contribution >= 4 is 11.8 Å². The van der Waals surface area contributed by atoms with Gasteiger partial charge < -0.3 is 5.32 Å². The van der Waals surface area contributed by atoms with Crippen LogP contribution in [-0.4, -0.2) is 12.3 Å². The number of thioether (sulfide) groups is 1. The molecular weight excluding hydrogens is 262 g/mol. The molecule has 106 valence electrons. The zero-order valence-electron chi connectivity index (χ0n) is 12.3. The highest BCUT2D eigenvalue weighted by atomic mass is 32.2. The molecule has 20 heavy (non-hydrogen) atoms. The summed E-state index contributed by atoms with van der Waals surface area (Å²) >= 11 is 1.79. The van der Waals surface area contributed by atoms with E-state index in [9.17, 15) is 0 Å². The van der Waals surface area contributed by atoms with Gasteiger partial charge in [0.25, 0.3) is 0 Å². The number of hydrogen-bond acceptors (Lipinski definition) is 2. The van der Waals surface area contributed by atoms with Crippen molar-refractivity contribution in [1.82, 2.24) is 5.32 Å². The maximum atomic E-state index is 3.60. The monoisotopic (exact) mass is 285 g/mol. The fourth-order valence-electron chi connectivity index (χ4n) is 2.17. The van der Waals surface area contributed by atoms with Gasteiger partial charge in [-0.2, -0.15) is 0 Å². The summed E-state index contributed by atoms with van der Waals surface area (Å²) in [5, 5.41) is 3.60. The van der Waals surface area contributed by atoms with Crippen molar-refractivity contribution in [2.24, 2.45) is 0 Å². The third kappa shape index (κ3) is 5.03. The van der Waals surface area contributed by atoms with Crippen LogP contribution in [0.1, 0.15) is 24.5 Å². The van der Waals surface area contributed by atoms with E-state index in [1.54, 1.807) is 11.8 Å². The molecule has 0 saturated heterocycles. The first-order chi connectivity index (χ1) is 9.78. The SMILES string of the molecule is CSc1ccc(CN[C@@H](C)CCc2ccccc2)cc1. The molecule has 2 rings (SSSR count). The maximum Gasteiger partial charge on any atom is 0.0207 e. The van der Waals surface area contributed by atoms with Crippen molar-refractivity contribution in [2.75, 3.05) is 6.26 Å². The second kappa shape index (κ2) is 8.13. The lowest BCUT2D eigenvalue weighted by atomic mass is 10.1. The number of aryl methyl sites for hydroxylation is 1. The smallest absolute Gasteiger partial charge is 0.0207 e. The van der Waals surface area contributed by atoms with Crippen LogP contribution in [0, 0.1) is 0 Å². The van der Waals surface area contributed by atoms with Gasteiger partial charge in [-0.1, -0.05) is 42.5 Å². The predicted octanol–water partition coefficient (Wildman–Crippen LogP) is 4.52. The van der Waals surface area contributed by atoms with Crippen LogP contribution < -0.4 is 5.32 Å². The van der Waals surface area contributed by atoms with Gasteiger partial charge in [0.05, 0.1) is 0 Å². The average Bonchev–Trinajstić information content (AvgIpc) is 2.52. The molecule has 2 aromatic carbocycles. The molecule has 0 aromatic heterocycles. The molecule has 0 radical (unpaired) electrons. The zero-order chi connectivity index (χ0) is 14.2. The van der Waals surface area contributed by atoms with Crippen LogP contribution in [0.25, 0.3) is 0 Å². The minimum atomic E-state index is 0.537. The third-order valence-corrected chi connectivity index (χ3v) is 4.27. The Labute approximate surface area is 126 Å². The van der Waals surface area contributed by atoms with E-state index >= 15 is 0 Å². The molecule has 0 unspecified atom stereocenters. The highest BCUT2D eigenvalue weighted by Crippen LogP contribution is 2.15. The summed E-state index contributed by atoms with van der Waals surface area (Å²) in [5.74, 6) is 0. The van der Waals surface area contributed by atoms with E-state index in [-0.39, 0.29) is 0 Å². The number of rotatable bonds is 7. The molecule has 2 heteroatoms. The Morgan fingerprint density at radius 1 is 0.950 bits per heavy atom. The van der Waals surface area contributed by atoms with E-state index in [1.165, 1.54) is 22.4 Å². The fourth-order valence-corrected chi connectivity index (χ4v) is 2.57. The molecule has 2 aromatic rings. The van der Waals surface area contributed by atoms with Crippen LogP contribution in [0.3, 0.4) is 0 Å². The quantitative estimate of drug-likeness (QED) is 0.751. The summed E-state index contributed by atoms with van der Waals surface area (Å²) in [4.78, 5) is 1.32. The third-order valence-electron chi connectivity index (χ3n) is 3.52. The molecule has 0 amide bonds. The van der Waals surface area contributed by atoms with Crippen LogP contribution in [0.4, 0.5) is 0 Å². The van der Waals surface area contributed by atoms with Gasteiger partial charge in [0.2, 0.25) is 0 Å². The minimum Gasteiger partial charge on any atom is -0.310 e. The Kier molecular flexibility index (Phi) is 6.16. The second-order valence-electron chi connectivity index (χ2n) is 5.15. The van der Waals surface area contributed by atoms with Gasteiger partial charge in [0.1, 0.15) is 0 Å². The largest absolute Gasteiger partial charge is 0.310 e. The average molecular weight is 285 g/mol. The predicted molar refractivity (Wildman–Crippen MR) is 89.3 cm³/mol. The Morgan fingerprint density at radius 2 is 1.65 bits per heavy atom. The van der Waals surface area contributed by atoms with Crippen LogP contribution in [0.15, 0.2) is 59.5 Å². The number of benzene rings is 2. The molecule has 0 aliphatic carbocycles. The van der Waals surface area contributed by atoms with Crippen molar-refractivity contribution in [3.8, 4) is 0 Å².